The number of nitrogens with zero attached hydrogens (tertiary/aromatic N) is 2. The van der Waals surface area contributed by atoms with Crippen molar-refractivity contribution in [2.45, 2.75) is 6.04 Å². The normalized spacial score (nSPS) is 12.3. The summed E-state index contributed by atoms with van der Waals surface area (Å²) in [5.74, 6) is 6.60. The smallest absolute Gasteiger partial charge is 0.131 e. The minimum Gasteiger partial charge on any atom is -0.336 e. The summed E-state index contributed by atoms with van der Waals surface area (Å²) in [6, 6.07) is 18.6. The summed E-state index contributed by atoms with van der Waals surface area (Å²) in [6.45, 7) is 0. The SMILES string of the molecule is Cn1ccnc1C(NN)c1ccc(-c2ccccc2)cc1. The van der Waals surface area contributed by atoms with Gasteiger partial charge in [0.15, 0.2) is 0 Å². The zero-order valence-corrected chi connectivity index (χ0v) is 11.9. The molecule has 0 saturated heterocycles. The maximum atomic E-state index is 5.71. The number of aromatic nitrogens is 2. The molecule has 4 heteroatoms. The third-order valence-electron chi connectivity index (χ3n) is 3.63. The van der Waals surface area contributed by atoms with E-state index in [1.54, 1.807) is 6.20 Å². The fourth-order valence-electron chi connectivity index (χ4n) is 2.47. The van der Waals surface area contributed by atoms with E-state index in [9.17, 15) is 0 Å². The van der Waals surface area contributed by atoms with Crippen LogP contribution in [0.15, 0.2) is 67.0 Å². The highest BCUT2D eigenvalue weighted by Crippen LogP contribution is 2.24. The molecule has 4 nitrogen and oxygen atoms in total. The topological polar surface area (TPSA) is 55.9 Å². The molecule has 0 saturated carbocycles. The molecule has 0 spiro atoms. The van der Waals surface area contributed by atoms with Crippen LogP contribution >= 0.6 is 0 Å². The fraction of sp³-hybridized carbons (Fsp3) is 0.118. The lowest BCUT2D eigenvalue weighted by molar-refractivity contribution is 0.580. The molecule has 0 aliphatic heterocycles. The molecular weight excluding hydrogens is 260 g/mol. The average molecular weight is 278 g/mol. The highest BCUT2D eigenvalue weighted by Gasteiger charge is 2.16. The molecule has 3 aromatic rings. The van der Waals surface area contributed by atoms with E-state index < -0.39 is 0 Å². The Balaban J connectivity index is 1.91. The first-order chi connectivity index (χ1) is 10.3. The molecule has 1 aromatic heterocycles. The molecule has 2 aromatic carbocycles. The van der Waals surface area contributed by atoms with Crippen molar-refractivity contribution in [3.63, 3.8) is 0 Å². The van der Waals surface area contributed by atoms with Crippen LogP contribution in [0.3, 0.4) is 0 Å². The van der Waals surface area contributed by atoms with Gasteiger partial charge in [-0.1, -0.05) is 54.6 Å². The molecule has 1 heterocycles. The fourth-order valence-corrected chi connectivity index (χ4v) is 2.47. The molecule has 0 amide bonds. The van der Waals surface area contributed by atoms with Crippen molar-refractivity contribution in [1.82, 2.24) is 15.0 Å². The molecule has 1 unspecified atom stereocenters. The van der Waals surface area contributed by atoms with Crippen LogP contribution in [0.2, 0.25) is 0 Å². The van der Waals surface area contributed by atoms with Gasteiger partial charge in [-0.2, -0.15) is 0 Å². The molecule has 0 aliphatic rings. The zero-order chi connectivity index (χ0) is 14.7. The van der Waals surface area contributed by atoms with E-state index in [-0.39, 0.29) is 6.04 Å². The highest BCUT2D eigenvalue weighted by atomic mass is 15.3. The molecule has 106 valence electrons. The predicted octanol–water partition coefficient (Wildman–Crippen LogP) is 2.64. The predicted molar refractivity (Wildman–Crippen MR) is 84.3 cm³/mol. The number of nitrogens with one attached hydrogen (secondary N) is 1. The van der Waals surface area contributed by atoms with Gasteiger partial charge in [0, 0.05) is 19.4 Å². The van der Waals surface area contributed by atoms with Crippen LogP contribution in [0.5, 0.6) is 0 Å². The Morgan fingerprint density at radius 1 is 1.00 bits per heavy atom. The van der Waals surface area contributed by atoms with Gasteiger partial charge in [0.2, 0.25) is 0 Å². The largest absolute Gasteiger partial charge is 0.336 e. The first-order valence-electron chi connectivity index (χ1n) is 6.88. The van der Waals surface area contributed by atoms with E-state index >= 15 is 0 Å². The summed E-state index contributed by atoms with van der Waals surface area (Å²) >= 11 is 0. The van der Waals surface area contributed by atoms with Crippen molar-refractivity contribution in [2.24, 2.45) is 12.9 Å². The minimum atomic E-state index is -0.116. The second kappa shape index (κ2) is 5.91. The Hall–Kier alpha value is -2.43. The molecule has 1 atom stereocenters. The van der Waals surface area contributed by atoms with E-state index in [2.05, 4.69) is 46.8 Å². The van der Waals surface area contributed by atoms with Gasteiger partial charge < -0.3 is 4.57 Å². The quantitative estimate of drug-likeness (QED) is 0.570. The van der Waals surface area contributed by atoms with Crippen LogP contribution in [0.1, 0.15) is 17.4 Å². The Labute approximate surface area is 124 Å². The molecule has 0 aliphatic carbocycles. The standard InChI is InChI=1S/C17H18N4/c1-21-12-11-19-17(21)16(20-18)15-9-7-14(8-10-15)13-5-3-2-4-6-13/h2-12,16,20H,18H2,1H3. The maximum absolute atomic E-state index is 5.71. The second-order valence-corrected chi connectivity index (χ2v) is 4.98. The van der Waals surface area contributed by atoms with Crippen LogP contribution in [-0.2, 0) is 7.05 Å². The lowest BCUT2D eigenvalue weighted by Gasteiger charge is -2.16. The summed E-state index contributed by atoms with van der Waals surface area (Å²) in [7, 11) is 1.96. The van der Waals surface area contributed by atoms with Gasteiger partial charge in [0.1, 0.15) is 11.9 Å². The molecule has 0 bridgehead atoms. The number of hydrazine groups is 1. The molecule has 0 fully saturated rings. The number of hydrogen-bond acceptors (Lipinski definition) is 3. The number of aryl methyl sites for hydroxylation is 1. The highest BCUT2D eigenvalue weighted by molar-refractivity contribution is 5.63. The van der Waals surface area contributed by atoms with E-state index in [1.165, 1.54) is 11.1 Å². The lowest BCUT2D eigenvalue weighted by Crippen LogP contribution is -2.30. The summed E-state index contributed by atoms with van der Waals surface area (Å²) in [6.07, 6.45) is 3.69. The van der Waals surface area contributed by atoms with Crippen molar-refractivity contribution < 1.29 is 0 Å². The van der Waals surface area contributed by atoms with E-state index in [0.717, 1.165) is 11.4 Å². The van der Waals surface area contributed by atoms with Crippen LogP contribution in [0, 0.1) is 0 Å². The minimum absolute atomic E-state index is 0.116. The van der Waals surface area contributed by atoms with E-state index in [0.29, 0.717) is 0 Å². The van der Waals surface area contributed by atoms with Crippen LogP contribution in [0.4, 0.5) is 0 Å². The van der Waals surface area contributed by atoms with Gasteiger partial charge in [-0.05, 0) is 16.7 Å². The summed E-state index contributed by atoms with van der Waals surface area (Å²) in [5, 5.41) is 0. The molecule has 21 heavy (non-hydrogen) atoms. The number of hydrogen-bond donors (Lipinski definition) is 2. The molecule has 0 radical (unpaired) electrons. The van der Waals surface area contributed by atoms with E-state index in [1.807, 2.05) is 36.0 Å². The first-order valence-corrected chi connectivity index (χ1v) is 6.88. The van der Waals surface area contributed by atoms with Crippen molar-refractivity contribution in [2.75, 3.05) is 0 Å². The monoisotopic (exact) mass is 278 g/mol. The Bertz CT molecular complexity index is 701. The van der Waals surface area contributed by atoms with Crippen molar-refractivity contribution in [3.8, 4) is 11.1 Å². The van der Waals surface area contributed by atoms with Crippen LogP contribution in [0.25, 0.3) is 11.1 Å². The third-order valence-corrected chi connectivity index (χ3v) is 3.63. The van der Waals surface area contributed by atoms with Crippen molar-refractivity contribution in [1.29, 1.82) is 0 Å². The summed E-state index contributed by atoms with van der Waals surface area (Å²) in [4.78, 5) is 4.36. The average Bonchev–Trinajstić information content (AvgIpc) is 2.96. The maximum Gasteiger partial charge on any atom is 0.131 e. The molecule has 3 N–H and O–H groups in total. The molecule has 3 rings (SSSR count). The Kier molecular flexibility index (Phi) is 3.81. The Morgan fingerprint density at radius 3 is 2.24 bits per heavy atom. The van der Waals surface area contributed by atoms with Gasteiger partial charge >= 0.3 is 0 Å². The lowest BCUT2D eigenvalue weighted by atomic mass is 10.0. The van der Waals surface area contributed by atoms with Gasteiger partial charge in [-0.15, -0.1) is 0 Å². The second-order valence-electron chi connectivity index (χ2n) is 4.98. The van der Waals surface area contributed by atoms with Crippen molar-refractivity contribution >= 4 is 0 Å². The zero-order valence-electron chi connectivity index (χ0n) is 11.9. The first kappa shape index (κ1) is 13.5. The van der Waals surface area contributed by atoms with Gasteiger partial charge in [-0.25, -0.2) is 10.4 Å². The summed E-state index contributed by atoms with van der Waals surface area (Å²) < 4.78 is 1.97. The third kappa shape index (κ3) is 2.72. The van der Waals surface area contributed by atoms with Crippen molar-refractivity contribution in [3.05, 3.63) is 78.4 Å². The number of imidazole rings is 1. The van der Waals surface area contributed by atoms with E-state index in [4.69, 9.17) is 5.84 Å². The van der Waals surface area contributed by atoms with Crippen LogP contribution in [-0.4, -0.2) is 9.55 Å². The van der Waals surface area contributed by atoms with Gasteiger partial charge in [-0.3, -0.25) is 5.84 Å². The summed E-state index contributed by atoms with van der Waals surface area (Å²) in [5.41, 5.74) is 6.32. The number of nitrogens with two attached hydrogens (primary N) is 1. The molecular formula is C17H18N4. The number of benzene rings is 2. The number of rotatable bonds is 4. The van der Waals surface area contributed by atoms with Gasteiger partial charge in [0.25, 0.3) is 0 Å². The van der Waals surface area contributed by atoms with Crippen LogP contribution < -0.4 is 11.3 Å². The van der Waals surface area contributed by atoms with Gasteiger partial charge in [0.05, 0.1) is 0 Å². The Morgan fingerprint density at radius 2 is 1.67 bits per heavy atom.